The number of para-hydroxylation sites is 1. The van der Waals surface area contributed by atoms with Crippen LogP contribution in [0.3, 0.4) is 0 Å². The van der Waals surface area contributed by atoms with Crippen LogP contribution in [0.4, 0.5) is 0 Å². The van der Waals surface area contributed by atoms with Crippen molar-refractivity contribution >= 4 is 64.0 Å². The van der Waals surface area contributed by atoms with Gasteiger partial charge in [0.2, 0.25) is 41.4 Å². The molecule has 0 aliphatic carbocycles. The number of nitrogens with one attached hydrogen (secondary N) is 9. The Bertz CT molecular complexity index is 2350. The molecule has 0 unspecified atom stereocenters. The minimum Gasteiger partial charge on any atom is -0.370 e. The highest BCUT2D eigenvalue weighted by Gasteiger charge is 2.34. The van der Waals surface area contributed by atoms with Crippen molar-refractivity contribution in [1.29, 1.82) is 0 Å². The van der Waals surface area contributed by atoms with E-state index >= 15 is 0 Å². The second kappa shape index (κ2) is 24.5. The standard InChI is InChI=1S/C45H59N13O8/c1-26(59)32-16-17-39(61)49-18-8-14-34(53-27(2)60)40(62)58-38(22-30-24-48-25-52-30)44(66)56-36(20-28-10-4-3-5-11-28)42(64)55-35(15-9-19-50-45(46)47)41(63)57-37(43(65)54-32)21-29-23-51-33-13-7-6-12-31(29)33/h3-7,10-13,23-25,32,34-38,51H,8-9,14-22H2,1-2H3,(H,48,52)(H,49,61)(H,53,60)(H,54,65)(H,55,64)(H,56,66)(H,57,63)(H,58,62)(H4,46,47,50)/t32-,34-,35-,36+,37-,38-/m0/s1. The average Bonchev–Trinajstić information content (AvgIpc) is 3.96. The molecule has 2 aromatic heterocycles. The fraction of sp³-hybridized carbons (Fsp3) is 0.422. The van der Waals surface area contributed by atoms with Crippen molar-refractivity contribution in [2.75, 3.05) is 13.1 Å². The number of nitrogens with two attached hydrogens (primary N) is 2. The SMILES string of the molecule is CC(=O)N[C@H]1CCCNC(=O)CC[C@@H](C(C)=O)NC(=O)[C@H](Cc2c[nH]c3ccccc23)NC(=O)[C@H](CCCN=C(N)N)NC(=O)[C@@H](Cc2ccccc2)NC(=O)[C@H](Cc2cnc[nH]2)NC1=O. The third-order valence-corrected chi connectivity index (χ3v) is 11.0. The van der Waals surface area contributed by atoms with Gasteiger partial charge in [0.05, 0.1) is 12.4 Å². The van der Waals surface area contributed by atoms with Crippen molar-refractivity contribution in [3.63, 3.8) is 0 Å². The van der Waals surface area contributed by atoms with Crippen molar-refractivity contribution in [1.82, 2.24) is 52.2 Å². The van der Waals surface area contributed by atoms with Crippen LogP contribution in [0, 0.1) is 0 Å². The number of hydrogen-bond acceptors (Lipinski definition) is 10. The predicted molar refractivity (Wildman–Crippen MR) is 244 cm³/mol. The van der Waals surface area contributed by atoms with E-state index in [4.69, 9.17) is 11.5 Å². The molecule has 21 nitrogen and oxygen atoms in total. The van der Waals surface area contributed by atoms with Gasteiger partial charge in [-0.15, -0.1) is 0 Å². The normalized spacial score (nSPS) is 22.1. The van der Waals surface area contributed by atoms with E-state index in [-0.39, 0.29) is 76.8 Å². The highest BCUT2D eigenvalue weighted by Crippen LogP contribution is 2.20. The number of guanidine groups is 1. The van der Waals surface area contributed by atoms with E-state index < -0.39 is 83.4 Å². The number of carbonyl (C=O) groups is 8. The fourth-order valence-corrected chi connectivity index (χ4v) is 7.54. The van der Waals surface area contributed by atoms with Crippen LogP contribution in [0.1, 0.15) is 69.2 Å². The number of aromatic nitrogens is 3. The molecule has 1 aliphatic rings. The van der Waals surface area contributed by atoms with Crippen LogP contribution in [0.15, 0.2) is 78.3 Å². The molecule has 2 aromatic carbocycles. The molecule has 66 heavy (non-hydrogen) atoms. The van der Waals surface area contributed by atoms with Crippen molar-refractivity contribution < 1.29 is 38.4 Å². The van der Waals surface area contributed by atoms with E-state index in [0.29, 0.717) is 16.8 Å². The Morgan fingerprint density at radius 3 is 2.06 bits per heavy atom. The summed E-state index contributed by atoms with van der Waals surface area (Å²) in [6.45, 7) is 2.71. The number of H-pyrrole nitrogens is 2. The summed E-state index contributed by atoms with van der Waals surface area (Å²) >= 11 is 0. The average molecular weight is 910 g/mol. The number of ketones is 1. The quantitative estimate of drug-likeness (QED) is 0.0474. The molecule has 3 heterocycles. The van der Waals surface area contributed by atoms with E-state index in [0.717, 1.165) is 10.9 Å². The highest BCUT2D eigenvalue weighted by molar-refractivity contribution is 5.97. The van der Waals surface area contributed by atoms with Gasteiger partial charge < -0.3 is 58.7 Å². The van der Waals surface area contributed by atoms with Gasteiger partial charge in [0.25, 0.3) is 0 Å². The topological polar surface area (TPSA) is 330 Å². The third kappa shape index (κ3) is 15.3. The first-order valence-corrected chi connectivity index (χ1v) is 21.8. The third-order valence-electron chi connectivity index (χ3n) is 11.0. The number of carbonyl (C=O) groups excluding carboxylic acids is 8. The first kappa shape index (κ1) is 49.4. The Hall–Kier alpha value is -7.58. The number of hydrogen-bond donors (Lipinski definition) is 11. The molecule has 0 spiro atoms. The molecule has 0 saturated carbocycles. The van der Waals surface area contributed by atoms with Crippen LogP contribution in [-0.2, 0) is 57.6 Å². The molecular weight excluding hydrogens is 851 g/mol. The van der Waals surface area contributed by atoms with Gasteiger partial charge >= 0.3 is 0 Å². The number of Topliss-reactive ketones (excluding diaryl/α,β-unsaturated/α-hetero) is 1. The summed E-state index contributed by atoms with van der Waals surface area (Å²) in [7, 11) is 0. The Morgan fingerprint density at radius 1 is 0.742 bits per heavy atom. The summed E-state index contributed by atoms with van der Waals surface area (Å²) in [4.78, 5) is 124. The second-order valence-electron chi connectivity index (χ2n) is 16.2. The maximum atomic E-state index is 14.5. The Balaban J connectivity index is 1.53. The molecule has 1 fully saturated rings. The van der Waals surface area contributed by atoms with Gasteiger partial charge in [0.15, 0.2) is 11.7 Å². The molecular formula is C45H59N13O8. The van der Waals surface area contributed by atoms with Crippen molar-refractivity contribution in [2.24, 2.45) is 16.5 Å². The summed E-state index contributed by atoms with van der Waals surface area (Å²) in [6.07, 6.45) is 4.70. The minimum absolute atomic E-state index is 0.0178. The molecule has 4 aromatic rings. The van der Waals surface area contributed by atoms with Crippen molar-refractivity contribution in [2.45, 2.75) is 108 Å². The van der Waals surface area contributed by atoms with Gasteiger partial charge in [0.1, 0.15) is 30.2 Å². The fourth-order valence-electron chi connectivity index (χ4n) is 7.54. The maximum absolute atomic E-state index is 14.5. The van der Waals surface area contributed by atoms with Crippen molar-refractivity contribution in [3.05, 3.63) is 90.1 Å². The lowest BCUT2D eigenvalue weighted by Gasteiger charge is -2.27. The van der Waals surface area contributed by atoms with Crippen LogP contribution in [0.2, 0.25) is 0 Å². The van der Waals surface area contributed by atoms with E-state index in [1.165, 1.54) is 26.4 Å². The monoisotopic (exact) mass is 909 g/mol. The van der Waals surface area contributed by atoms with Crippen LogP contribution < -0.4 is 48.7 Å². The van der Waals surface area contributed by atoms with E-state index in [1.54, 1.807) is 36.5 Å². The number of nitrogens with zero attached hydrogens (tertiary/aromatic N) is 2. The van der Waals surface area contributed by atoms with Gasteiger partial charge in [-0.2, -0.15) is 0 Å². The summed E-state index contributed by atoms with van der Waals surface area (Å²) in [5.41, 5.74) is 13.7. The van der Waals surface area contributed by atoms with Gasteiger partial charge in [-0.1, -0.05) is 48.5 Å². The number of fused-ring (bicyclic) bond motifs is 1. The van der Waals surface area contributed by atoms with E-state index in [1.807, 2.05) is 24.3 Å². The number of rotatable bonds is 12. The number of benzene rings is 2. The lowest BCUT2D eigenvalue weighted by atomic mass is 10.0. The van der Waals surface area contributed by atoms with Gasteiger partial charge in [-0.05, 0) is 56.2 Å². The molecule has 0 bridgehead atoms. The molecule has 21 heteroatoms. The Morgan fingerprint density at radius 2 is 1.38 bits per heavy atom. The van der Waals surface area contributed by atoms with Crippen LogP contribution >= 0.6 is 0 Å². The first-order chi connectivity index (χ1) is 31.7. The largest absolute Gasteiger partial charge is 0.370 e. The molecule has 7 amide bonds. The number of imidazole rings is 1. The molecule has 0 radical (unpaired) electrons. The highest BCUT2D eigenvalue weighted by atomic mass is 16.2. The zero-order chi connectivity index (χ0) is 47.6. The number of aliphatic imine (C=N–C) groups is 1. The summed E-state index contributed by atoms with van der Waals surface area (Å²) < 4.78 is 0. The zero-order valence-corrected chi connectivity index (χ0v) is 37.0. The molecule has 352 valence electrons. The smallest absolute Gasteiger partial charge is 0.243 e. The zero-order valence-electron chi connectivity index (χ0n) is 37.0. The van der Waals surface area contributed by atoms with Crippen LogP contribution in [0.5, 0.6) is 0 Å². The van der Waals surface area contributed by atoms with Crippen LogP contribution in [-0.4, -0.2) is 117 Å². The maximum Gasteiger partial charge on any atom is 0.243 e. The minimum atomic E-state index is -1.31. The second-order valence-corrected chi connectivity index (χ2v) is 16.2. The lowest BCUT2D eigenvalue weighted by Crippen LogP contribution is -2.60. The molecule has 6 atom stereocenters. The first-order valence-electron chi connectivity index (χ1n) is 21.8. The van der Waals surface area contributed by atoms with Crippen LogP contribution in [0.25, 0.3) is 10.9 Å². The van der Waals surface area contributed by atoms with E-state index in [9.17, 15) is 38.4 Å². The number of aromatic amines is 2. The van der Waals surface area contributed by atoms with E-state index in [2.05, 4.69) is 57.2 Å². The molecule has 5 rings (SSSR count). The Labute approximate surface area is 381 Å². The van der Waals surface area contributed by atoms with Crippen molar-refractivity contribution in [3.8, 4) is 0 Å². The predicted octanol–water partition coefficient (Wildman–Crippen LogP) is -0.820. The molecule has 1 saturated heterocycles. The molecule has 13 N–H and O–H groups in total. The molecule has 1 aliphatic heterocycles. The van der Waals surface area contributed by atoms with Gasteiger partial charge in [0, 0.05) is 74.7 Å². The summed E-state index contributed by atoms with van der Waals surface area (Å²) in [6, 6.07) is 8.79. The Kier molecular flexibility index (Phi) is 18.3. The van der Waals surface area contributed by atoms with Gasteiger partial charge in [-0.3, -0.25) is 43.3 Å². The lowest BCUT2D eigenvalue weighted by molar-refractivity contribution is -0.135. The summed E-state index contributed by atoms with van der Waals surface area (Å²) in [5.74, 6) is -5.24. The summed E-state index contributed by atoms with van der Waals surface area (Å²) in [5, 5.41) is 20.0. The number of amides is 7. The van der Waals surface area contributed by atoms with Gasteiger partial charge in [-0.25, -0.2) is 4.98 Å².